The molecule has 0 saturated carbocycles. The van der Waals surface area contributed by atoms with E-state index in [9.17, 15) is 4.79 Å². The number of nitrogens with one attached hydrogen (secondary N) is 1. The van der Waals surface area contributed by atoms with Crippen LogP contribution in [0, 0.1) is 0 Å². The van der Waals surface area contributed by atoms with Crippen molar-refractivity contribution < 1.29 is 9.90 Å². The summed E-state index contributed by atoms with van der Waals surface area (Å²) < 4.78 is 0. The quantitative estimate of drug-likeness (QED) is 0.457. The lowest BCUT2D eigenvalue weighted by Crippen LogP contribution is -2.48. The first-order valence-electron chi connectivity index (χ1n) is 10.2. The van der Waals surface area contributed by atoms with Crippen LogP contribution < -0.4 is 4.90 Å². The fraction of sp³-hybridized carbons (Fsp3) is 0.167. The minimum Gasteiger partial charge on any atom is -0.465 e. The van der Waals surface area contributed by atoms with Crippen molar-refractivity contribution in [2.24, 2.45) is 0 Å². The first-order chi connectivity index (χ1) is 15.1. The van der Waals surface area contributed by atoms with Crippen molar-refractivity contribution in [3.8, 4) is 22.5 Å². The molecule has 0 bridgehead atoms. The Morgan fingerprint density at radius 1 is 0.871 bits per heavy atom. The predicted molar refractivity (Wildman–Crippen MR) is 124 cm³/mol. The molecular weight excluding hydrogens is 412 g/mol. The van der Waals surface area contributed by atoms with Gasteiger partial charge in [0.05, 0.1) is 11.0 Å². The highest BCUT2D eigenvalue weighted by Crippen LogP contribution is 2.27. The van der Waals surface area contributed by atoms with Crippen molar-refractivity contribution in [1.29, 1.82) is 0 Å². The van der Waals surface area contributed by atoms with E-state index in [2.05, 4.69) is 63.4 Å². The molecule has 4 aromatic rings. The van der Waals surface area contributed by atoms with Crippen LogP contribution in [0.4, 0.5) is 10.5 Å². The Bertz CT molecular complexity index is 1230. The Kier molecular flexibility index (Phi) is 5.00. The van der Waals surface area contributed by atoms with E-state index in [1.165, 1.54) is 4.90 Å². The fourth-order valence-electron chi connectivity index (χ4n) is 3.96. The highest BCUT2D eigenvalue weighted by molar-refractivity contribution is 6.31. The number of hydrogen-bond donors (Lipinski definition) is 2. The highest BCUT2D eigenvalue weighted by atomic mass is 35.5. The standard InChI is InChI=1S/C24H21ClN4O2/c25-19-7-10-21-22(15-19)27-23(26-21)18-3-1-16(2-4-18)17-5-8-20(9-6-17)28-11-13-29(14-12-28)24(30)31/h1-10,15H,11-14H2,(H,26,27)(H,30,31). The van der Waals surface area contributed by atoms with Crippen molar-refractivity contribution in [1.82, 2.24) is 14.9 Å². The first-order valence-corrected chi connectivity index (χ1v) is 10.5. The molecule has 1 fully saturated rings. The van der Waals surface area contributed by atoms with E-state index in [0.717, 1.165) is 39.2 Å². The number of fused-ring (bicyclic) bond motifs is 1. The number of rotatable bonds is 3. The number of aromatic nitrogens is 2. The van der Waals surface area contributed by atoms with Crippen molar-refractivity contribution in [3.63, 3.8) is 0 Å². The number of anilines is 1. The van der Waals surface area contributed by atoms with E-state index in [0.29, 0.717) is 31.2 Å². The molecule has 5 rings (SSSR count). The van der Waals surface area contributed by atoms with Gasteiger partial charge < -0.3 is 19.9 Å². The van der Waals surface area contributed by atoms with Gasteiger partial charge in [-0.1, -0.05) is 48.0 Å². The normalized spacial score (nSPS) is 14.2. The summed E-state index contributed by atoms with van der Waals surface area (Å²) >= 11 is 6.07. The van der Waals surface area contributed by atoms with Crippen molar-refractivity contribution >= 4 is 34.4 Å². The lowest BCUT2D eigenvalue weighted by atomic mass is 10.0. The van der Waals surface area contributed by atoms with Gasteiger partial charge in [0.25, 0.3) is 0 Å². The third-order valence-electron chi connectivity index (χ3n) is 5.72. The van der Waals surface area contributed by atoms with E-state index in [1.54, 1.807) is 0 Å². The number of aromatic amines is 1. The largest absolute Gasteiger partial charge is 0.465 e. The number of H-pyrrole nitrogens is 1. The van der Waals surface area contributed by atoms with Gasteiger partial charge in [0.2, 0.25) is 0 Å². The van der Waals surface area contributed by atoms with Gasteiger partial charge in [0, 0.05) is 42.5 Å². The average molecular weight is 433 g/mol. The summed E-state index contributed by atoms with van der Waals surface area (Å²) in [5, 5.41) is 9.78. The summed E-state index contributed by atoms with van der Waals surface area (Å²) in [5.41, 5.74) is 6.21. The molecule has 0 unspecified atom stereocenters. The van der Waals surface area contributed by atoms with Crippen LogP contribution in [0.5, 0.6) is 0 Å². The van der Waals surface area contributed by atoms with Crippen LogP contribution in [0.25, 0.3) is 33.5 Å². The summed E-state index contributed by atoms with van der Waals surface area (Å²) in [7, 11) is 0. The third kappa shape index (κ3) is 3.94. The van der Waals surface area contributed by atoms with Crippen molar-refractivity contribution in [3.05, 3.63) is 71.8 Å². The molecule has 0 radical (unpaired) electrons. The average Bonchev–Trinajstić information content (AvgIpc) is 3.22. The minimum absolute atomic E-state index is 0.534. The zero-order chi connectivity index (χ0) is 21.4. The Balaban J connectivity index is 1.31. The molecule has 3 aromatic carbocycles. The predicted octanol–water partition coefficient (Wildman–Crippen LogP) is 5.35. The number of nitrogens with zero attached hydrogens (tertiary/aromatic N) is 3. The number of benzene rings is 3. The molecule has 1 aromatic heterocycles. The molecule has 156 valence electrons. The van der Waals surface area contributed by atoms with Gasteiger partial charge in [-0.15, -0.1) is 0 Å². The monoisotopic (exact) mass is 432 g/mol. The topological polar surface area (TPSA) is 72.5 Å². The van der Waals surface area contributed by atoms with Crippen LogP contribution >= 0.6 is 11.6 Å². The number of hydrogen-bond acceptors (Lipinski definition) is 3. The van der Waals surface area contributed by atoms with E-state index >= 15 is 0 Å². The van der Waals surface area contributed by atoms with Gasteiger partial charge in [-0.05, 0) is 41.5 Å². The van der Waals surface area contributed by atoms with Gasteiger partial charge in [0.15, 0.2) is 0 Å². The molecule has 6 nitrogen and oxygen atoms in total. The molecule has 1 saturated heterocycles. The van der Waals surface area contributed by atoms with E-state index < -0.39 is 6.09 Å². The van der Waals surface area contributed by atoms with Gasteiger partial charge in [0.1, 0.15) is 5.82 Å². The van der Waals surface area contributed by atoms with E-state index in [1.807, 2.05) is 18.2 Å². The lowest BCUT2D eigenvalue weighted by molar-refractivity contribution is 0.142. The second kappa shape index (κ2) is 7.96. The second-order valence-electron chi connectivity index (χ2n) is 7.63. The van der Waals surface area contributed by atoms with Gasteiger partial charge in [-0.2, -0.15) is 0 Å². The van der Waals surface area contributed by atoms with E-state index in [-0.39, 0.29) is 0 Å². The van der Waals surface area contributed by atoms with Crippen LogP contribution in [-0.4, -0.2) is 52.2 Å². The zero-order valence-electron chi connectivity index (χ0n) is 16.8. The SMILES string of the molecule is O=C(O)N1CCN(c2ccc(-c3ccc(-c4nc5ccc(Cl)cc5[nH]4)cc3)cc2)CC1. The van der Waals surface area contributed by atoms with Crippen LogP contribution in [-0.2, 0) is 0 Å². The van der Waals surface area contributed by atoms with Crippen molar-refractivity contribution in [2.45, 2.75) is 0 Å². The Hall–Kier alpha value is -3.51. The van der Waals surface area contributed by atoms with Crippen LogP contribution in [0.3, 0.4) is 0 Å². The Morgan fingerprint density at radius 3 is 2.13 bits per heavy atom. The number of amides is 1. The first kappa shape index (κ1) is 19.5. The Morgan fingerprint density at radius 2 is 1.48 bits per heavy atom. The van der Waals surface area contributed by atoms with Gasteiger partial charge >= 0.3 is 6.09 Å². The number of carboxylic acid groups (broad SMARTS) is 1. The number of piperazine rings is 1. The van der Waals surface area contributed by atoms with E-state index in [4.69, 9.17) is 16.7 Å². The maximum absolute atomic E-state index is 11.1. The van der Waals surface area contributed by atoms with Gasteiger partial charge in [-0.3, -0.25) is 0 Å². The molecule has 2 heterocycles. The smallest absolute Gasteiger partial charge is 0.407 e. The molecule has 0 atom stereocenters. The molecule has 7 heteroatoms. The number of halogens is 1. The summed E-state index contributed by atoms with van der Waals surface area (Å²) in [6, 6.07) is 22.4. The molecule has 1 aliphatic rings. The van der Waals surface area contributed by atoms with Crippen LogP contribution in [0.15, 0.2) is 66.7 Å². The highest BCUT2D eigenvalue weighted by Gasteiger charge is 2.20. The third-order valence-corrected chi connectivity index (χ3v) is 5.95. The molecule has 1 aliphatic heterocycles. The maximum atomic E-state index is 11.1. The molecule has 0 spiro atoms. The zero-order valence-corrected chi connectivity index (χ0v) is 17.5. The minimum atomic E-state index is -0.843. The fourth-order valence-corrected chi connectivity index (χ4v) is 4.13. The van der Waals surface area contributed by atoms with Crippen molar-refractivity contribution in [2.75, 3.05) is 31.1 Å². The van der Waals surface area contributed by atoms with Gasteiger partial charge in [-0.25, -0.2) is 9.78 Å². The molecule has 1 amide bonds. The van der Waals surface area contributed by atoms with Crippen LogP contribution in [0.1, 0.15) is 0 Å². The van der Waals surface area contributed by atoms with Crippen LogP contribution in [0.2, 0.25) is 5.02 Å². The Labute approximate surface area is 184 Å². The molecule has 2 N–H and O–H groups in total. The molecule has 31 heavy (non-hydrogen) atoms. The molecule has 0 aliphatic carbocycles. The number of carbonyl (C=O) groups is 1. The summed E-state index contributed by atoms with van der Waals surface area (Å²) in [5.74, 6) is 0.819. The maximum Gasteiger partial charge on any atom is 0.407 e. The summed E-state index contributed by atoms with van der Waals surface area (Å²) in [6.45, 7) is 2.49. The summed E-state index contributed by atoms with van der Waals surface area (Å²) in [6.07, 6.45) is -0.843. The molecular formula is C24H21ClN4O2. The second-order valence-corrected chi connectivity index (χ2v) is 8.06. The summed E-state index contributed by atoms with van der Waals surface area (Å²) in [4.78, 5) is 22.7. The lowest BCUT2D eigenvalue weighted by Gasteiger charge is -2.34. The number of imidazole rings is 1.